The molecule has 27 heavy (non-hydrogen) atoms. The fourth-order valence-corrected chi connectivity index (χ4v) is 3.07. The molecule has 0 radical (unpaired) electrons. The minimum atomic E-state index is -0.717. The summed E-state index contributed by atoms with van der Waals surface area (Å²) < 4.78 is 28.2. The van der Waals surface area contributed by atoms with E-state index in [4.69, 9.17) is 5.84 Å². The third kappa shape index (κ3) is 4.25. The van der Waals surface area contributed by atoms with Gasteiger partial charge in [-0.05, 0) is 26.0 Å². The Hall–Kier alpha value is -2.94. The number of halogens is 2. The van der Waals surface area contributed by atoms with Crippen LogP contribution >= 0.6 is 11.8 Å². The number of amides is 1. The highest BCUT2D eigenvalue weighted by Crippen LogP contribution is 2.26. The van der Waals surface area contributed by atoms with Crippen molar-refractivity contribution in [1.82, 2.24) is 14.9 Å². The van der Waals surface area contributed by atoms with E-state index in [0.29, 0.717) is 11.0 Å². The summed E-state index contributed by atoms with van der Waals surface area (Å²) in [5, 5.41) is 10.1. The number of hydrogen-bond acceptors (Lipinski definition) is 5. The molecule has 3 N–H and O–H groups in total. The van der Waals surface area contributed by atoms with E-state index in [1.165, 1.54) is 4.68 Å². The Labute approximate surface area is 158 Å². The van der Waals surface area contributed by atoms with Gasteiger partial charge < -0.3 is 11.2 Å². The lowest BCUT2D eigenvalue weighted by molar-refractivity contribution is -0.115. The molecule has 6 nitrogen and oxygen atoms in total. The lowest BCUT2D eigenvalue weighted by Crippen LogP contribution is -2.24. The molecule has 1 heterocycles. The van der Waals surface area contributed by atoms with E-state index in [9.17, 15) is 13.6 Å². The zero-order valence-corrected chi connectivity index (χ0v) is 15.4. The van der Waals surface area contributed by atoms with Crippen molar-refractivity contribution in [2.24, 2.45) is 0 Å². The summed E-state index contributed by atoms with van der Waals surface area (Å²) in [6, 6.07) is 10.5. The molecule has 0 spiro atoms. The summed E-state index contributed by atoms with van der Waals surface area (Å²) in [5.41, 5.74) is 1.68. The van der Waals surface area contributed by atoms with Gasteiger partial charge in [0, 0.05) is 11.6 Å². The van der Waals surface area contributed by atoms with E-state index in [1.807, 2.05) is 31.2 Å². The Morgan fingerprint density at radius 2 is 1.89 bits per heavy atom. The van der Waals surface area contributed by atoms with Crippen molar-refractivity contribution in [1.29, 1.82) is 0 Å². The SMILES string of the molecule is Cc1ccc(-c2nnc(S[C@@H](C)C(=O)Nc3cc(F)ccc3F)n2N)cc1. The number of carbonyl (C=O) groups excluding carboxylic acids is 1. The number of rotatable bonds is 5. The molecule has 2 aromatic carbocycles. The van der Waals surface area contributed by atoms with Gasteiger partial charge in [-0.2, -0.15) is 0 Å². The van der Waals surface area contributed by atoms with Crippen molar-refractivity contribution in [3.63, 3.8) is 0 Å². The molecule has 3 aromatic rings. The van der Waals surface area contributed by atoms with Crippen LogP contribution in [0, 0.1) is 18.6 Å². The van der Waals surface area contributed by atoms with Crippen molar-refractivity contribution in [3.8, 4) is 11.4 Å². The molecule has 0 saturated heterocycles. The average Bonchev–Trinajstić information content (AvgIpc) is 2.99. The molecule has 0 aliphatic heterocycles. The molecule has 0 bridgehead atoms. The van der Waals surface area contributed by atoms with Gasteiger partial charge >= 0.3 is 0 Å². The smallest absolute Gasteiger partial charge is 0.237 e. The number of aromatic nitrogens is 3. The fourth-order valence-electron chi connectivity index (χ4n) is 2.30. The number of thioether (sulfide) groups is 1. The van der Waals surface area contributed by atoms with E-state index in [2.05, 4.69) is 15.5 Å². The zero-order valence-electron chi connectivity index (χ0n) is 14.6. The Morgan fingerprint density at radius 1 is 1.19 bits per heavy atom. The Kier molecular flexibility index (Phi) is 5.41. The maximum absolute atomic E-state index is 13.7. The monoisotopic (exact) mass is 389 g/mol. The van der Waals surface area contributed by atoms with Crippen molar-refractivity contribution < 1.29 is 13.6 Å². The van der Waals surface area contributed by atoms with Gasteiger partial charge in [0.25, 0.3) is 0 Å². The molecule has 140 valence electrons. The first-order valence-electron chi connectivity index (χ1n) is 8.05. The number of anilines is 1. The van der Waals surface area contributed by atoms with Gasteiger partial charge in [-0.1, -0.05) is 41.6 Å². The molecule has 1 amide bonds. The van der Waals surface area contributed by atoms with Gasteiger partial charge in [-0.3, -0.25) is 4.79 Å². The van der Waals surface area contributed by atoms with Gasteiger partial charge in [0.2, 0.25) is 11.1 Å². The lowest BCUT2D eigenvalue weighted by Gasteiger charge is -2.12. The molecule has 0 unspecified atom stereocenters. The van der Waals surface area contributed by atoms with Crippen molar-refractivity contribution in [2.45, 2.75) is 24.3 Å². The van der Waals surface area contributed by atoms with Gasteiger partial charge in [0.1, 0.15) is 11.6 Å². The molecule has 0 fully saturated rings. The summed E-state index contributed by atoms with van der Waals surface area (Å²) in [5.74, 6) is 4.64. The van der Waals surface area contributed by atoms with Crippen molar-refractivity contribution in [3.05, 3.63) is 59.7 Å². The molecule has 0 saturated carbocycles. The first kappa shape index (κ1) is 18.8. The highest BCUT2D eigenvalue weighted by atomic mass is 32.2. The maximum Gasteiger partial charge on any atom is 0.237 e. The Morgan fingerprint density at radius 3 is 2.59 bits per heavy atom. The Bertz CT molecular complexity index is 974. The predicted molar refractivity (Wildman–Crippen MR) is 101 cm³/mol. The van der Waals surface area contributed by atoms with Crippen LogP contribution in [-0.2, 0) is 4.79 Å². The predicted octanol–water partition coefficient (Wildman–Crippen LogP) is 3.36. The maximum atomic E-state index is 13.7. The van der Waals surface area contributed by atoms with Crippen LogP contribution in [0.25, 0.3) is 11.4 Å². The van der Waals surface area contributed by atoms with Crippen molar-refractivity contribution in [2.75, 3.05) is 11.2 Å². The van der Waals surface area contributed by atoms with E-state index in [-0.39, 0.29) is 5.69 Å². The van der Waals surface area contributed by atoms with Crippen LogP contribution < -0.4 is 11.2 Å². The number of nitrogens with one attached hydrogen (secondary N) is 1. The van der Waals surface area contributed by atoms with Gasteiger partial charge in [-0.25, -0.2) is 13.5 Å². The number of benzene rings is 2. The van der Waals surface area contributed by atoms with E-state index in [0.717, 1.165) is 41.1 Å². The van der Waals surface area contributed by atoms with Gasteiger partial charge in [0.15, 0.2) is 5.82 Å². The minimum Gasteiger partial charge on any atom is -0.335 e. The molecular weight excluding hydrogens is 372 g/mol. The fraction of sp³-hybridized carbons (Fsp3) is 0.167. The summed E-state index contributed by atoms with van der Waals surface area (Å²) in [7, 11) is 0. The molecule has 9 heteroatoms. The van der Waals surface area contributed by atoms with E-state index >= 15 is 0 Å². The molecule has 3 rings (SSSR count). The second-order valence-corrected chi connectivity index (χ2v) is 7.22. The number of aryl methyl sites for hydroxylation is 1. The van der Waals surface area contributed by atoms with Crippen LogP contribution in [0.3, 0.4) is 0 Å². The second-order valence-electron chi connectivity index (χ2n) is 5.92. The second kappa shape index (κ2) is 7.75. The van der Waals surface area contributed by atoms with Crippen LogP contribution in [0.15, 0.2) is 47.6 Å². The van der Waals surface area contributed by atoms with Crippen LogP contribution in [0.2, 0.25) is 0 Å². The average molecular weight is 389 g/mol. The first-order chi connectivity index (χ1) is 12.8. The highest BCUT2D eigenvalue weighted by molar-refractivity contribution is 8.00. The molecular formula is C18H17F2N5OS. The lowest BCUT2D eigenvalue weighted by atomic mass is 10.1. The largest absolute Gasteiger partial charge is 0.335 e. The van der Waals surface area contributed by atoms with E-state index < -0.39 is 22.8 Å². The Balaban J connectivity index is 1.72. The van der Waals surface area contributed by atoms with Crippen LogP contribution in [0.5, 0.6) is 0 Å². The number of nitrogens with two attached hydrogens (primary N) is 1. The minimum absolute atomic E-state index is 0.220. The normalized spacial score (nSPS) is 12.0. The van der Waals surface area contributed by atoms with Crippen LogP contribution in [-0.4, -0.2) is 26.0 Å². The van der Waals surface area contributed by atoms with Crippen LogP contribution in [0.4, 0.5) is 14.5 Å². The van der Waals surface area contributed by atoms with Gasteiger partial charge in [-0.15, -0.1) is 10.2 Å². The van der Waals surface area contributed by atoms with Crippen LogP contribution in [0.1, 0.15) is 12.5 Å². The third-order valence-corrected chi connectivity index (χ3v) is 4.87. The standard InChI is InChI=1S/C18H17F2N5OS/c1-10-3-5-12(6-4-10)16-23-24-18(25(16)21)27-11(2)17(26)22-15-9-13(19)7-8-14(15)20/h3-9,11H,21H2,1-2H3,(H,22,26)/t11-/m0/s1. The number of nitrogen functional groups attached to an aromatic ring is 1. The number of hydrogen-bond donors (Lipinski definition) is 2. The summed E-state index contributed by atoms with van der Waals surface area (Å²) in [6.07, 6.45) is 0. The summed E-state index contributed by atoms with van der Waals surface area (Å²) in [4.78, 5) is 12.3. The molecule has 0 aliphatic carbocycles. The summed E-state index contributed by atoms with van der Waals surface area (Å²) >= 11 is 1.06. The quantitative estimate of drug-likeness (QED) is 0.516. The first-order valence-corrected chi connectivity index (χ1v) is 8.93. The number of carbonyl (C=O) groups is 1. The van der Waals surface area contributed by atoms with E-state index in [1.54, 1.807) is 6.92 Å². The topological polar surface area (TPSA) is 85.8 Å². The summed E-state index contributed by atoms with van der Waals surface area (Å²) in [6.45, 7) is 3.58. The highest BCUT2D eigenvalue weighted by Gasteiger charge is 2.21. The third-order valence-electron chi connectivity index (χ3n) is 3.81. The van der Waals surface area contributed by atoms with Crippen molar-refractivity contribution >= 4 is 23.4 Å². The molecule has 1 aromatic heterocycles. The number of nitrogens with zero attached hydrogens (tertiary/aromatic N) is 3. The molecule has 1 atom stereocenters. The molecule has 0 aliphatic rings. The van der Waals surface area contributed by atoms with Gasteiger partial charge in [0.05, 0.1) is 10.9 Å². The zero-order chi connectivity index (χ0) is 19.6.